The fraction of sp³-hybridized carbons (Fsp3) is 0.481. The predicted octanol–water partition coefficient (Wildman–Crippen LogP) is 6.33. The molecule has 0 saturated carbocycles. The van der Waals surface area contributed by atoms with Crippen molar-refractivity contribution in [3.8, 4) is 5.75 Å². The van der Waals surface area contributed by atoms with Crippen LogP contribution in [0.5, 0.6) is 5.75 Å². The first-order valence-electron chi connectivity index (χ1n) is 11.6. The fourth-order valence-corrected chi connectivity index (χ4v) is 4.67. The Bertz CT molecular complexity index is 922. The number of hydrogen-bond acceptors (Lipinski definition) is 2. The van der Waals surface area contributed by atoms with Gasteiger partial charge in [0.1, 0.15) is 12.4 Å². The van der Waals surface area contributed by atoms with E-state index in [0.717, 1.165) is 37.9 Å². The Hall–Kier alpha value is -2.26. The number of para-hydroxylation sites is 2. The van der Waals surface area contributed by atoms with Crippen molar-refractivity contribution in [1.82, 2.24) is 9.47 Å². The molecule has 0 N–H and O–H groups in total. The van der Waals surface area contributed by atoms with Gasteiger partial charge in [0.25, 0.3) is 0 Å². The summed E-state index contributed by atoms with van der Waals surface area (Å²) in [5.74, 6) is 2.36. The summed E-state index contributed by atoms with van der Waals surface area (Å²) in [6.45, 7) is 11.1. The summed E-state index contributed by atoms with van der Waals surface area (Å²) < 4.78 is 8.49. The van der Waals surface area contributed by atoms with Crippen LogP contribution in [0.4, 0.5) is 0 Å². The first-order chi connectivity index (χ1) is 14.6. The second kappa shape index (κ2) is 9.70. The third kappa shape index (κ3) is 4.89. The summed E-state index contributed by atoms with van der Waals surface area (Å²) in [7, 11) is 0. The van der Waals surface area contributed by atoms with Crippen LogP contribution in [0, 0.1) is 5.92 Å². The Balaban J connectivity index is 1.38. The van der Waals surface area contributed by atoms with Crippen molar-refractivity contribution in [2.75, 3.05) is 19.7 Å². The molecule has 1 aromatic heterocycles. The van der Waals surface area contributed by atoms with E-state index in [0.29, 0.717) is 12.0 Å². The first-order valence-corrected chi connectivity index (χ1v) is 11.6. The number of piperidine rings is 1. The summed E-state index contributed by atoms with van der Waals surface area (Å²) in [5.41, 5.74) is 2.96. The highest BCUT2D eigenvalue weighted by Crippen LogP contribution is 2.35. The second-order valence-corrected chi connectivity index (χ2v) is 9.26. The molecule has 3 heteroatoms. The van der Waals surface area contributed by atoms with E-state index in [1.165, 1.54) is 30.2 Å². The number of benzene rings is 2. The molecule has 3 nitrogen and oxygen atoms in total. The maximum atomic E-state index is 5.99. The molecule has 0 bridgehead atoms. The van der Waals surface area contributed by atoms with Crippen LogP contribution in [-0.2, 0) is 6.54 Å². The monoisotopic (exact) mass is 404 g/mol. The SMILES string of the molecule is CC(C)CCn1cc(C2CCN(C(C)COc3ccccc3)CC2)c2ccccc21. The Morgan fingerprint density at radius 3 is 2.37 bits per heavy atom. The third-order valence-electron chi connectivity index (χ3n) is 6.59. The van der Waals surface area contributed by atoms with E-state index in [-0.39, 0.29) is 0 Å². The zero-order valence-electron chi connectivity index (χ0n) is 18.8. The molecule has 2 aromatic carbocycles. The van der Waals surface area contributed by atoms with Crippen molar-refractivity contribution >= 4 is 10.9 Å². The lowest BCUT2D eigenvalue weighted by atomic mass is 9.89. The van der Waals surface area contributed by atoms with Crippen molar-refractivity contribution in [2.45, 2.75) is 58.5 Å². The molecule has 0 amide bonds. The van der Waals surface area contributed by atoms with Crippen LogP contribution < -0.4 is 4.74 Å². The number of hydrogen-bond donors (Lipinski definition) is 0. The highest BCUT2D eigenvalue weighted by atomic mass is 16.5. The molecule has 1 unspecified atom stereocenters. The number of rotatable bonds is 8. The lowest BCUT2D eigenvalue weighted by Crippen LogP contribution is -2.42. The summed E-state index contributed by atoms with van der Waals surface area (Å²) in [6, 6.07) is 19.6. The number of ether oxygens (including phenoxy) is 1. The van der Waals surface area contributed by atoms with Crippen molar-refractivity contribution in [3.05, 3.63) is 66.4 Å². The maximum absolute atomic E-state index is 5.99. The molecule has 3 aromatic rings. The van der Waals surface area contributed by atoms with E-state index in [9.17, 15) is 0 Å². The van der Waals surface area contributed by atoms with Gasteiger partial charge in [-0.15, -0.1) is 0 Å². The predicted molar refractivity (Wildman–Crippen MR) is 126 cm³/mol. The third-order valence-corrected chi connectivity index (χ3v) is 6.59. The van der Waals surface area contributed by atoms with Crippen LogP contribution in [0.1, 0.15) is 51.5 Å². The van der Waals surface area contributed by atoms with Gasteiger partial charge in [0.2, 0.25) is 0 Å². The van der Waals surface area contributed by atoms with E-state index in [2.05, 4.69) is 60.7 Å². The minimum absolute atomic E-state index is 0.443. The van der Waals surface area contributed by atoms with Crippen LogP contribution >= 0.6 is 0 Å². The topological polar surface area (TPSA) is 17.4 Å². The van der Waals surface area contributed by atoms with E-state index in [1.54, 1.807) is 5.56 Å². The van der Waals surface area contributed by atoms with Gasteiger partial charge in [-0.1, -0.05) is 50.2 Å². The van der Waals surface area contributed by atoms with Gasteiger partial charge in [0.05, 0.1) is 0 Å². The zero-order valence-corrected chi connectivity index (χ0v) is 18.8. The van der Waals surface area contributed by atoms with Gasteiger partial charge in [-0.05, 0) is 74.9 Å². The zero-order chi connectivity index (χ0) is 20.9. The number of nitrogens with zero attached hydrogens (tertiary/aromatic N) is 2. The Labute approximate surface area is 181 Å². The van der Waals surface area contributed by atoms with Gasteiger partial charge in [-0.2, -0.15) is 0 Å². The van der Waals surface area contributed by atoms with Gasteiger partial charge in [-0.3, -0.25) is 4.90 Å². The molecule has 4 rings (SSSR count). The smallest absolute Gasteiger partial charge is 0.119 e. The quantitative estimate of drug-likeness (QED) is 0.436. The number of aryl methyl sites for hydroxylation is 1. The fourth-order valence-electron chi connectivity index (χ4n) is 4.67. The molecule has 1 atom stereocenters. The summed E-state index contributed by atoms with van der Waals surface area (Å²) in [5, 5.41) is 1.46. The van der Waals surface area contributed by atoms with Crippen molar-refractivity contribution in [2.24, 2.45) is 5.92 Å². The molecule has 0 radical (unpaired) electrons. The molecule has 0 spiro atoms. The minimum Gasteiger partial charge on any atom is -0.492 e. The van der Waals surface area contributed by atoms with Gasteiger partial charge in [-0.25, -0.2) is 0 Å². The molecule has 1 aliphatic rings. The summed E-state index contributed by atoms with van der Waals surface area (Å²) >= 11 is 0. The molecule has 30 heavy (non-hydrogen) atoms. The van der Waals surface area contributed by atoms with Crippen LogP contribution in [0.25, 0.3) is 10.9 Å². The van der Waals surface area contributed by atoms with Crippen LogP contribution in [0.3, 0.4) is 0 Å². The Kier molecular flexibility index (Phi) is 6.79. The van der Waals surface area contributed by atoms with Crippen LogP contribution in [-0.4, -0.2) is 35.2 Å². The second-order valence-electron chi connectivity index (χ2n) is 9.26. The average Bonchev–Trinajstić information content (AvgIpc) is 3.15. The van der Waals surface area contributed by atoms with Gasteiger partial charge >= 0.3 is 0 Å². The molecule has 0 aliphatic carbocycles. The standard InChI is InChI=1S/C27H36N2O/c1-21(2)13-16-29-19-26(25-11-7-8-12-27(25)29)23-14-17-28(18-15-23)22(3)20-30-24-9-5-4-6-10-24/h4-12,19,21-23H,13-18,20H2,1-3H3. The minimum atomic E-state index is 0.443. The molecule has 2 heterocycles. The normalized spacial score (nSPS) is 16.9. The van der Waals surface area contributed by atoms with E-state index in [4.69, 9.17) is 4.74 Å². The van der Waals surface area contributed by atoms with Crippen molar-refractivity contribution in [3.63, 3.8) is 0 Å². The number of likely N-dealkylation sites (tertiary alicyclic amines) is 1. The number of fused-ring (bicyclic) bond motifs is 1. The van der Waals surface area contributed by atoms with E-state index in [1.807, 2.05) is 30.3 Å². The first kappa shape index (κ1) is 21.0. The molecule has 1 saturated heterocycles. The summed E-state index contributed by atoms with van der Waals surface area (Å²) in [6.07, 6.45) is 6.15. The number of aromatic nitrogens is 1. The molecular weight excluding hydrogens is 368 g/mol. The van der Waals surface area contributed by atoms with Gasteiger partial charge in [0, 0.05) is 29.7 Å². The summed E-state index contributed by atoms with van der Waals surface area (Å²) in [4.78, 5) is 2.59. The highest BCUT2D eigenvalue weighted by molar-refractivity contribution is 5.84. The Morgan fingerprint density at radius 1 is 0.933 bits per heavy atom. The largest absolute Gasteiger partial charge is 0.492 e. The van der Waals surface area contributed by atoms with E-state index >= 15 is 0 Å². The highest BCUT2D eigenvalue weighted by Gasteiger charge is 2.26. The molecular formula is C27H36N2O. The van der Waals surface area contributed by atoms with E-state index < -0.39 is 0 Å². The van der Waals surface area contributed by atoms with Crippen molar-refractivity contribution in [1.29, 1.82) is 0 Å². The molecule has 1 aliphatic heterocycles. The molecule has 1 fully saturated rings. The van der Waals surface area contributed by atoms with Gasteiger partial charge in [0.15, 0.2) is 0 Å². The van der Waals surface area contributed by atoms with Gasteiger partial charge < -0.3 is 9.30 Å². The lowest BCUT2D eigenvalue weighted by Gasteiger charge is -2.36. The maximum Gasteiger partial charge on any atom is 0.119 e. The lowest BCUT2D eigenvalue weighted by molar-refractivity contribution is 0.118. The van der Waals surface area contributed by atoms with Crippen molar-refractivity contribution < 1.29 is 4.74 Å². The van der Waals surface area contributed by atoms with Crippen LogP contribution in [0.2, 0.25) is 0 Å². The van der Waals surface area contributed by atoms with Crippen LogP contribution in [0.15, 0.2) is 60.8 Å². The average molecular weight is 405 g/mol. The molecule has 160 valence electrons. The Morgan fingerprint density at radius 2 is 1.63 bits per heavy atom.